The number of hydrogen-bond acceptors (Lipinski definition) is 4. The molecule has 0 saturated heterocycles. The smallest absolute Gasteiger partial charge is 0.309 e. The summed E-state index contributed by atoms with van der Waals surface area (Å²) < 4.78 is 27.9. The maximum atomic E-state index is 12.6. The maximum absolute atomic E-state index is 12.6. The average Bonchev–Trinajstić information content (AvgIpc) is 2.91. The molecule has 0 unspecified atom stereocenters. The minimum absolute atomic E-state index is 0.000944. The first-order valence-corrected chi connectivity index (χ1v) is 10.0. The molecule has 0 bridgehead atoms. The third-order valence-corrected chi connectivity index (χ3v) is 6.20. The van der Waals surface area contributed by atoms with E-state index < -0.39 is 16.0 Å². The molecule has 0 fully saturated rings. The first-order chi connectivity index (χ1) is 12.5. The van der Waals surface area contributed by atoms with Gasteiger partial charge in [-0.05, 0) is 49.2 Å². The quantitative estimate of drug-likeness (QED) is 0.814. The lowest BCUT2D eigenvalue weighted by molar-refractivity contribution is -0.136. The van der Waals surface area contributed by atoms with Gasteiger partial charge in [-0.15, -0.1) is 0 Å². The van der Waals surface area contributed by atoms with Gasteiger partial charge in [0.2, 0.25) is 10.0 Å². The first kappa shape index (κ1) is 19.3. The van der Waals surface area contributed by atoms with Crippen LogP contribution < -0.4 is 4.72 Å². The number of hydrogen-bond donors (Lipinski definition) is 2. The van der Waals surface area contributed by atoms with Crippen molar-refractivity contribution < 1.29 is 23.1 Å². The number of aliphatic carboxylic acids is 1. The monoisotopic (exact) mass is 390 g/mol. The van der Waals surface area contributed by atoms with Crippen LogP contribution in [0.1, 0.15) is 42.0 Å². The molecule has 3 rings (SSSR count). The Morgan fingerprint density at radius 3 is 2.41 bits per heavy atom. The highest BCUT2D eigenvalue weighted by Gasteiger charge is 2.35. The van der Waals surface area contributed by atoms with Gasteiger partial charge in [-0.2, -0.15) is 0 Å². The van der Waals surface area contributed by atoms with Crippen molar-refractivity contribution >= 4 is 21.8 Å². The number of ketones is 1. The fraction of sp³-hybridized carbons (Fsp3) is 0.368. The van der Waals surface area contributed by atoms with Gasteiger partial charge in [0.15, 0.2) is 5.78 Å². The second kappa shape index (κ2) is 6.61. The van der Waals surface area contributed by atoms with Crippen molar-refractivity contribution in [2.75, 3.05) is 7.05 Å². The summed E-state index contributed by atoms with van der Waals surface area (Å²) in [5, 5.41) is 9.26. The third-order valence-electron chi connectivity index (χ3n) is 4.77. The summed E-state index contributed by atoms with van der Waals surface area (Å²) in [5.74, 6) is -0.992. The van der Waals surface area contributed by atoms with E-state index >= 15 is 0 Å². The van der Waals surface area contributed by atoms with Crippen LogP contribution in [0.4, 0.5) is 0 Å². The Hall–Kier alpha value is -2.45. The zero-order valence-electron chi connectivity index (χ0n) is 15.4. The van der Waals surface area contributed by atoms with Gasteiger partial charge in [-0.3, -0.25) is 9.59 Å². The number of sulfonamides is 1. The van der Waals surface area contributed by atoms with E-state index in [2.05, 4.69) is 4.72 Å². The van der Waals surface area contributed by atoms with Crippen molar-refractivity contribution in [1.29, 1.82) is 0 Å². The van der Waals surface area contributed by atoms with Crippen LogP contribution in [-0.4, -0.2) is 36.9 Å². The lowest BCUT2D eigenvalue weighted by atomic mass is 9.76. The summed E-state index contributed by atoms with van der Waals surface area (Å²) >= 11 is 0. The molecular weight excluding hydrogens is 368 g/mol. The number of carboxylic acids is 1. The van der Waals surface area contributed by atoms with Crippen molar-refractivity contribution in [3.63, 3.8) is 0 Å². The Morgan fingerprint density at radius 2 is 1.85 bits per heavy atom. The van der Waals surface area contributed by atoms with E-state index in [4.69, 9.17) is 0 Å². The summed E-state index contributed by atoms with van der Waals surface area (Å²) in [6.07, 6.45) is 0.817. The molecule has 1 aliphatic rings. The average molecular weight is 390 g/mol. The molecular formula is C19H22N2O5S. The molecule has 27 heavy (non-hydrogen) atoms. The third kappa shape index (κ3) is 3.68. The van der Waals surface area contributed by atoms with Gasteiger partial charge in [0.25, 0.3) is 0 Å². The number of carboxylic acid groups (broad SMARTS) is 1. The number of aromatic nitrogens is 1. The molecule has 0 amide bonds. The lowest BCUT2D eigenvalue weighted by Crippen LogP contribution is -2.28. The molecule has 8 heteroatoms. The Labute approximate surface area is 158 Å². The second-order valence-corrected chi connectivity index (χ2v) is 9.43. The number of benzene rings is 1. The Balaban J connectivity index is 2.17. The molecule has 1 aromatic heterocycles. The van der Waals surface area contributed by atoms with E-state index in [-0.39, 0.29) is 22.5 Å². The fourth-order valence-electron chi connectivity index (χ4n) is 3.57. The number of carbonyl (C=O) groups excluding carboxylic acids is 1. The molecule has 1 aliphatic carbocycles. The Kier molecular flexibility index (Phi) is 4.73. The number of nitrogens with zero attached hydrogens (tertiary/aromatic N) is 1. The van der Waals surface area contributed by atoms with Gasteiger partial charge in [0.1, 0.15) is 0 Å². The summed E-state index contributed by atoms with van der Waals surface area (Å²) in [4.78, 5) is 24.0. The number of rotatable bonds is 5. The van der Waals surface area contributed by atoms with Gasteiger partial charge in [0.05, 0.1) is 11.3 Å². The molecule has 0 atom stereocenters. The lowest BCUT2D eigenvalue weighted by Gasteiger charge is -2.30. The van der Waals surface area contributed by atoms with Gasteiger partial charge in [-0.25, -0.2) is 13.1 Å². The number of nitrogens with one attached hydrogen (secondary N) is 1. The predicted octanol–water partition coefficient (Wildman–Crippen LogP) is 2.17. The highest BCUT2D eigenvalue weighted by Crippen LogP contribution is 2.37. The van der Waals surface area contributed by atoms with Crippen LogP contribution in [0.5, 0.6) is 0 Å². The van der Waals surface area contributed by atoms with Crippen molar-refractivity contribution in [3.05, 3.63) is 47.3 Å². The van der Waals surface area contributed by atoms with Crippen LogP contribution in [0.25, 0.3) is 5.69 Å². The van der Waals surface area contributed by atoms with Crippen molar-refractivity contribution in [1.82, 2.24) is 9.29 Å². The second-order valence-electron chi connectivity index (χ2n) is 7.54. The number of carbonyl (C=O) groups is 2. The van der Waals surface area contributed by atoms with Crippen LogP contribution in [0.2, 0.25) is 0 Å². The molecule has 144 valence electrons. The van der Waals surface area contributed by atoms with Crippen LogP contribution in [0, 0.1) is 5.41 Å². The van der Waals surface area contributed by atoms with Crippen molar-refractivity contribution in [2.24, 2.45) is 5.41 Å². The molecule has 0 saturated carbocycles. The molecule has 2 aromatic rings. The largest absolute Gasteiger partial charge is 0.481 e. The molecule has 2 N–H and O–H groups in total. The maximum Gasteiger partial charge on any atom is 0.309 e. The minimum Gasteiger partial charge on any atom is -0.481 e. The summed E-state index contributed by atoms with van der Waals surface area (Å²) in [6, 6.07) is 7.84. The van der Waals surface area contributed by atoms with E-state index in [0.29, 0.717) is 29.8 Å². The molecule has 7 nitrogen and oxygen atoms in total. The van der Waals surface area contributed by atoms with Gasteiger partial charge in [-0.1, -0.05) is 13.8 Å². The number of fused-ring (bicyclic) bond motifs is 1. The zero-order chi connectivity index (χ0) is 20.0. The van der Waals surface area contributed by atoms with Crippen LogP contribution in [0.3, 0.4) is 0 Å². The molecule has 1 heterocycles. The van der Waals surface area contributed by atoms with Crippen LogP contribution in [0.15, 0.2) is 35.2 Å². The molecule has 0 spiro atoms. The van der Waals surface area contributed by atoms with Crippen molar-refractivity contribution in [3.8, 4) is 5.69 Å². The van der Waals surface area contributed by atoms with Gasteiger partial charge >= 0.3 is 5.97 Å². The van der Waals surface area contributed by atoms with Crippen molar-refractivity contribution in [2.45, 2.75) is 38.0 Å². The zero-order valence-corrected chi connectivity index (χ0v) is 16.3. The summed E-state index contributed by atoms with van der Waals surface area (Å²) in [7, 11) is -2.23. The van der Waals surface area contributed by atoms with Gasteiger partial charge < -0.3 is 9.67 Å². The molecule has 0 radical (unpaired) electrons. The highest BCUT2D eigenvalue weighted by molar-refractivity contribution is 7.89. The summed E-state index contributed by atoms with van der Waals surface area (Å²) in [6.45, 7) is 4.01. The molecule has 0 aliphatic heterocycles. The van der Waals surface area contributed by atoms with E-state index in [9.17, 15) is 23.1 Å². The van der Waals surface area contributed by atoms with E-state index in [1.54, 1.807) is 22.8 Å². The Morgan fingerprint density at radius 1 is 1.22 bits per heavy atom. The fourth-order valence-corrected chi connectivity index (χ4v) is 4.30. The standard InChI is InChI=1S/C19H22N2O5S/c1-19(2)10-16-15(17(22)11-19)8-13(9-18(23)24)21(16)12-4-6-14(7-5-12)27(25,26)20-3/h4-8,20H,9-11H2,1-3H3,(H,23,24). The highest BCUT2D eigenvalue weighted by atomic mass is 32.2. The summed E-state index contributed by atoms with van der Waals surface area (Å²) in [5.41, 5.74) is 2.24. The first-order valence-electron chi connectivity index (χ1n) is 8.56. The topological polar surface area (TPSA) is 105 Å². The minimum atomic E-state index is -3.57. The normalized spacial score (nSPS) is 16.2. The van der Waals surface area contributed by atoms with E-state index in [1.807, 2.05) is 13.8 Å². The predicted molar refractivity (Wildman–Crippen MR) is 99.8 cm³/mol. The number of Topliss-reactive ketones (excluding diaryl/α,β-unsaturated/α-hetero) is 1. The van der Waals surface area contributed by atoms with Gasteiger partial charge in [0, 0.05) is 29.1 Å². The van der Waals surface area contributed by atoms with E-state index in [1.165, 1.54) is 19.2 Å². The van der Waals surface area contributed by atoms with E-state index in [0.717, 1.165) is 5.69 Å². The molecule has 1 aromatic carbocycles. The Bertz CT molecular complexity index is 1020. The SMILES string of the molecule is CNS(=O)(=O)c1ccc(-n2c(CC(=O)O)cc3c2CC(C)(C)CC3=O)cc1. The van der Waals surface area contributed by atoms with Crippen LogP contribution in [-0.2, 0) is 27.7 Å². The van der Waals surface area contributed by atoms with Crippen LogP contribution >= 0.6 is 0 Å².